The molecular weight excluding hydrogens is 362 g/mol. The zero-order chi connectivity index (χ0) is 19.6. The van der Waals surface area contributed by atoms with Gasteiger partial charge in [0, 0.05) is 38.6 Å². The van der Waals surface area contributed by atoms with Gasteiger partial charge in [0.05, 0.1) is 36.3 Å². The zero-order valence-corrected chi connectivity index (χ0v) is 17.1. The largest absolute Gasteiger partial charge is 0.379 e. The van der Waals surface area contributed by atoms with E-state index in [2.05, 4.69) is 57.8 Å². The lowest BCUT2D eigenvalue weighted by atomic mass is 9.91. The van der Waals surface area contributed by atoms with Crippen LogP contribution in [0.1, 0.15) is 41.5 Å². The molecule has 1 fully saturated rings. The minimum Gasteiger partial charge on any atom is -0.379 e. The Bertz CT molecular complexity index is 978. The van der Waals surface area contributed by atoms with Crippen LogP contribution in [0.3, 0.4) is 0 Å². The summed E-state index contributed by atoms with van der Waals surface area (Å²) in [4.78, 5) is 14.7. The second-order valence-electron chi connectivity index (χ2n) is 8.19. The molecule has 3 aromatic heterocycles. The van der Waals surface area contributed by atoms with Gasteiger partial charge in [-0.05, 0) is 50.1 Å². The van der Waals surface area contributed by atoms with Crippen molar-refractivity contribution in [3.8, 4) is 0 Å². The highest BCUT2D eigenvalue weighted by atomic mass is 16.5. The Balaban J connectivity index is 1.43. The molecule has 0 amide bonds. The predicted octanol–water partition coefficient (Wildman–Crippen LogP) is 3.07. The first kappa shape index (κ1) is 18.7. The number of hydrogen-bond donors (Lipinski definition) is 0. The van der Waals surface area contributed by atoms with E-state index in [1.54, 1.807) is 0 Å². The third-order valence-corrected chi connectivity index (χ3v) is 6.29. The van der Waals surface area contributed by atoms with Crippen molar-refractivity contribution in [1.29, 1.82) is 0 Å². The molecule has 1 aliphatic heterocycles. The Morgan fingerprint density at radius 1 is 1.17 bits per heavy atom. The number of nitrogens with zero attached hydrogens (tertiary/aromatic N) is 5. The standard InChI is InChI=1S/C23H29N5O/c1-26(20-8-4-6-18-7-5-10-24-23(18)20)16-19-21(17-27-12-14-29-15-13-27)28-11-3-2-9-22(28)25-19/h2-3,5,7,9-11,20H,4,6,8,12-17H2,1H3/t20-/m0/s1. The van der Waals surface area contributed by atoms with Gasteiger partial charge in [-0.3, -0.25) is 14.8 Å². The van der Waals surface area contributed by atoms with Gasteiger partial charge in [0.2, 0.25) is 0 Å². The molecule has 0 bridgehead atoms. The van der Waals surface area contributed by atoms with Gasteiger partial charge in [-0.1, -0.05) is 12.1 Å². The number of rotatable bonds is 5. The van der Waals surface area contributed by atoms with E-state index in [-0.39, 0.29) is 0 Å². The SMILES string of the molecule is CN(Cc1nc2ccccn2c1CN1CCOCC1)[C@H]1CCCc2cccnc21. The number of aryl methyl sites for hydroxylation is 1. The predicted molar refractivity (Wildman–Crippen MR) is 113 cm³/mol. The van der Waals surface area contributed by atoms with Crippen LogP contribution in [0.4, 0.5) is 0 Å². The van der Waals surface area contributed by atoms with Gasteiger partial charge in [0.1, 0.15) is 5.65 Å². The van der Waals surface area contributed by atoms with Gasteiger partial charge in [-0.15, -0.1) is 0 Å². The second-order valence-corrected chi connectivity index (χ2v) is 8.19. The molecule has 6 heteroatoms. The van der Waals surface area contributed by atoms with Crippen molar-refractivity contribution in [2.24, 2.45) is 0 Å². The first-order chi connectivity index (χ1) is 14.3. The second kappa shape index (κ2) is 8.22. The molecule has 3 aromatic rings. The first-order valence-electron chi connectivity index (χ1n) is 10.7. The Hall–Kier alpha value is -2.28. The maximum Gasteiger partial charge on any atom is 0.137 e. The number of aromatic nitrogens is 3. The summed E-state index contributed by atoms with van der Waals surface area (Å²) in [5.41, 5.74) is 6.15. The zero-order valence-electron chi connectivity index (χ0n) is 17.1. The monoisotopic (exact) mass is 391 g/mol. The smallest absolute Gasteiger partial charge is 0.137 e. The average Bonchev–Trinajstić information content (AvgIpc) is 3.11. The maximum atomic E-state index is 5.53. The molecule has 0 N–H and O–H groups in total. The van der Waals surface area contributed by atoms with E-state index in [0.29, 0.717) is 6.04 Å². The van der Waals surface area contributed by atoms with Crippen LogP contribution in [0, 0.1) is 0 Å². The molecule has 1 aliphatic carbocycles. The Morgan fingerprint density at radius 3 is 2.97 bits per heavy atom. The summed E-state index contributed by atoms with van der Waals surface area (Å²) in [5.74, 6) is 0. The van der Waals surface area contributed by atoms with E-state index >= 15 is 0 Å². The fourth-order valence-electron chi connectivity index (χ4n) is 4.72. The van der Waals surface area contributed by atoms with Gasteiger partial charge in [0.15, 0.2) is 0 Å². The van der Waals surface area contributed by atoms with E-state index in [4.69, 9.17) is 14.7 Å². The summed E-state index contributed by atoms with van der Waals surface area (Å²) in [7, 11) is 2.22. The van der Waals surface area contributed by atoms with Crippen LogP contribution in [0.5, 0.6) is 0 Å². The summed E-state index contributed by atoms with van der Waals surface area (Å²) >= 11 is 0. The van der Waals surface area contributed by atoms with Crippen molar-refractivity contribution < 1.29 is 4.74 Å². The van der Waals surface area contributed by atoms with Crippen LogP contribution in [0.2, 0.25) is 0 Å². The minimum absolute atomic E-state index is 0.362. The van der Waals surface area contributed by atoms with Crippen LogP contribution in [-0.4, -0.2) is 57.5 Å². The Kier molecular flexibility index (Phi) is 5.31. The van der Waals surface area contributed by atoms with Crippen molar-refractivity contribution in [3.63, 3.8) is 0 Å². The van der Waals surface area contributed by atoms with Gasteiger partial charge in [-0.25, -0.2) is 4.98 Å². The molecule has 0 unspecified atom stereocenters. The van der Waals surface area contributed by atoms with Gasteiger partial charge in [-0.2, -0.15) is 0 Å². The molecule has 1 saturated heterocycles. The summed E-state index contributed by atoms with van der Waals surface area (Å²) in [6.45, 7) is 5.34. The molecule has 4 heterocycles. The van der Waals surface area contributed by atoms with Crippen LogP contribution >= 0.6 is 0 Å². The first-order valence-corrected chi connectivity index (χ1v) is 10.7. The van der Waals surface area contributed by atoms with E-state index in [0.717, 1.165) is 57.9 Å². The number of imidazole rings is 1. The van der Waals surface area contributed by atoms with E-state index < -0.39 is 0 Å². The van der Waals surface area contributed by atoms with Crippen molar-refractivity contribution in [3.05, 3.63) is 65.4 Å². The highest BCUT2D eigenvalue weighted by Gasteiger charge is 2.27. The number of ether oxygens (including phenoxy) is 1. The molecule has 0 aromatic carbocycles. The molecule has 2 aliphatic rings. The summed E-state index contributed by atoms with van der Waals surface area (Å²) in [5, 5.41) is 0. The van der Waals surface area contributed by atoms with Crippen LogP contribution < -0.4 is 0 Å². The number of hydrogen-bond acceptors (Lipinski definition) is 5. The van der Waals surface area contributed by atoms with Crippen molar-refractivity contribution in [2.45, 2.75) is 38.4 Å². The van der Waals surface area contributed by atoms with Gasteiger partial charge in [0.25, 0.3) is 0 Å². The van der Waals surface area contributed by atoms with E-state index in [9.17, 15) is 0 Å². The molecule has 6 nitrogen and oxygen atoms in total. The summed E-state index contributed by atoms with van der Waals surface area (Å²) in [6, 6.07) is 10.9. The van der Waals surface area contributed by atoms with Crippen LogP contribution in [-0.2, 0) is 24.2 Å². The third kappa shape index (κ3) is 3.80. The van der Waals surface area contributed by atoms with E-state index in [1.165, 1.54) is 29.1 Å². The fourth-order valence-corrected chi connectivity index (χ4v) is 4.72. The molecule has 29 heavy (non-hydrogen) atoms. The fraction of sp³-hybridized carbons (Fsp3) is 0.478. The minimum atomic E-state index is 0.362. The summed E-state index contributed by atoms with van der Waals surface area (Å²) < 4.78 is 7.79. The van der Waals surface area contributed by atoms with Gasteiger partial charge < -0.3 is 9.14 Å². The molecule has 0 spiro atoms. The molecule has 5 rings (SSSR count). The maximum absolute atomic E-state index is 5.53. The Morgan fingerprint density at radius 2 is 2.07 bits per heavy atom. The number of pyridine rings is 2. The molecule has 152 valence electrons. The Labute approximate surface area is 172 Å². The number of morpholine rings is 1. The topological polar surface area (TPSA) is 45.9 Å². The van der Waals surface area contributed by atoms with Crippen molar-refractivity contribution >= 4 is 5.65 Å². The van der Waals surface area contributed by atoms with Crippen molar-refractivity contribution in [1.82, 2.24) is 24.2 Å². The normalized spacial score (nSPS) is 20.3. The third-order valence-electron chi connectivity index (χ3n) is 6.29. The highest BCUT2D eigenvalue weighted by molar-refractivity contribution is 5.43. The number of fused-ring (bicyclic) bond motifs is 2. The lowest BCUT2D eigenvalue weighted by Crippen LogP contribution is -2.36. The molecule has 0 radical (unpaired) electrons. The average molecular weight is 392 g/mol. The molecule has 1 atom stereocenters. The van der Waals surface area contributed by atoms with E-state index in [1.807, 2.05) is 6.20 Å². The quantitative estimate of drug-likeness (QED) is 0.669. The lowest BCUT2D eigenvalue weighted by molar-refractivity contribution is 0.0333. The van der Waals surface area contributed by atoms with Crippen molar-refractivity contribution in [2.75, 3.05) is 33.4 Å². The van der Waals surface area contributed by atoms with Crippen LogP contribution in [0.15, 0.2) is 42.7 Å². The highest BCUT2D eigenvalue weighted by Crippen LogP contribution is 2.33. The summed E-state index contributed by atoms with van der Waals surface area (Å²) in [6.07, 6.45) is 7.59. The van der Waals surface area contributed by atoms with Crippen LogP contribution in [0.25, 0.3) is 5.65 Å². The molecule has 0 saturated carbocycles. The van der Waals surface area contributed by atoms with Gasteiger partial charge >= 0.3 is 0 Å². The molecular formula is C23H29N5O. The lowest BCUT2D eigenvalue weighted by Gasteiger charge is -2.32.